The van der Waals surface area contributed by atoms with E-state index in [1.165, 1.54) is 19.0 Å². The molecule has 1 atom stereocenters. The molecule has 5 heteroatoms. The van der Waals surface area contributed by atoms with Crippen molar-refractivity contribution in [2.45, 2.75) is 25.3 Å². The van der Waals surface area contributed by atoms with Gasteiger partial charge in [-0.2, -0.15) is 5.26 Å². The molecule has 1 aliphatic heterocycles. The van der Waals surface area contributed by atoms with Crippen LogP contribution in [0.3, 0.4) is 0 Å². The summed E-state index contributed by atoms with van der Waals surface area (Å²) in [6.07, 6.45) is 6.72. The average molecular weight is 217 g/mol. The summed E-state index contributed by atoms with van der Waals surface area (Å²) < 4.78 is 0. The SMILES string of the molecule is N#Cc1cnc(NCC[C@@H]2CCCN2)cn1. The first-order valence-corrected chi connectivity index (χ1v) is 5.58. The van der Waals surface area contributed by atoms with Crippen LogP contribution in [0.2, 0.25) is 0 Å². The number of anilines is 1. The predicted molar refractivity (Wildman–Crippen MR) is 60.9 cm³/mol. The fourth-order valence-corrected chi connectivity index (χ4v) is 1.85. The minimum absolute atomic E-state index is 0.350. The van der Waals surface area contributed by atoms with E-state index in [0.717, 1.165) is 25.3 Å². The zero-order chi connectivity index (χ0) is 11.2. The second-order valence-electron chi connectivity index (χ2n) is 3.91. The summed E-state index contributed by atoms with van der Waals surface area (Å²) in [6, 6.07) is 2.58. The van der Waals surface area contributed by atoms with Crippen LogP contribution in [0.5, 0.6) is 0 Å². The first kappa shape index (κ1) is 10.8. The minimum Gasteiger partial charge on any atom is -0.369 e. The van der Waals surface area contributed by atoms with Crippen LogP contribution >= 0.6 is 0 Å². The van der Waals surface area contributed by atoms with Gasteiger partial charge in [0.1, 0.15) is 11.9 Å². The molecule has 0 unspecified atom stereocenters. The highest BCUT2D eigenvalue weighted by molar-refractivity contribution is 5.32. The molecule has 16 heavy (non-hydrogen) atoms. The molecule has 1 fully saturated rings. The molecule has 0 radical (unpaired) electrons. The summed E-state index contributed by atoms with van der Waals surface area (Å²) in [4.78, 5) is 8.04. The summed E-state index contributed by atoms with van der Waals surface area (Å²) in [6.45, 7) is 2.03. The molecule has 0 saturated carbocycles. The molecule has 5 nitrogen and oxygen atoms in total. The Bertz CT molecular complexity index is 361. The number of nitriles is 1. The highest BCUT2D eigenvalue weighted by Gasteiger charge is 2.12. The molecule has 1 aliphatic rings. The number of rotatable bonds is 4. The molecule has 0 aromatic carbocycles. The average Bonchev–Trinajstić information content (AvgIpc) is 2.83. The molecule has 2 N–H and O–H groups in total. The van der Waals surface area contributed by atoms with Crippen LogP contribution in [0, 0.1) is 11.3 Å². The smallest absolute Gasteiger partial charge is 0.158 e. The summed E-state index contributed by atoms with van der Waals surface area (Å²) in [5.41, 5.74) is 0.350. The van der Waals surface area contributed by atoms with E-state index in [-0.39, 0.29) is 0 Å². The lowest BCUT2D eigenvalue weighted by Crippen LogP contribution is -2.24. The Morgan fingerprint density at radius 2 is 2.44 bits per heavy atom. The monoisotopic (exact) mass is 217 g/mol. The maximum absolute atomic E-state index is 8.57. The first-order valence-electron chi connectivity index (χ1n) is 5.58. The van der Waals surface area contributed by atoms with Crippen LogP contribution in [0.25, 0.3) is 0 Å². The van der Waals surface area contributed by atoms with Gasteiger partial charge >= 0.3 is 0 Å². The van der Waals surface area contributed by atoms with Crippen molar-refractivity contribution in [1.29, 1.82) is 5.26 Å². The molecule has 1 saturated heterocycles. The quantitative estimate of drug-likeness (QED) is 0.784. The van der Waals surface area contributed by atoms with Crippen molar-refractivity contribution in [3.05, 3.63) is 18.1 Å². The van der Waals surface area contributed by atoms with Gasteiger partial charge in [-0.3, -0.25) is 0 Å². The van der Waals surface area contributed by atoms with Gasteiger partial charge < -0.3 is 10.6 Å². The summed E-state index contributed by atoms with van der Waals surface area (Å²) >= 11 is 0. The third-order valence-corrected chi connectivity index (χ3v) is 2.73. The number of hydrogen-bond acceptors (Lipinski definition) is 5. The topological polar surface area (TPSA) is 73.6 Å². The number of aromatic nitrogens is 2. The van der Waals surface area contributed by atoms with E-state index in [4.69, 9.17) is 5.26 Å². The van der Waals surface area contributed by atoms with Crippen molar-refractivity contribution >= 4 is 5.82 Å². The van der Waals surface area contributed by atoms with Gasteiger partial charge in [-0.15, -0.1) is 0 Å². The van der Waals surface area contributed by atoms with Gasteiger partial charge in [0.15, 0.2) is 5.69 Å². The van der Waals surface area contributed by atoms with E-state index in [0.29, 0.717) is 11.7 Å². The van der Waals surface area contributed by atoms with Crippen molar-refractivity contribution < 1.29 is 0 Å². The van der Waals surface area contributed by atoms with Gasteiger partial charge in [0, 0.05) is 12.6 Å². The molecule has 0 aliphatic carbocycles. The standard InChI is InChI=1S/C11H15N5/c12-6-10-7-16-11(8-15-10)14-5-3-9-2-1-4-13-9/h7-9,13H,1-5H2,(H,14,16)/t9-/m0/s1. The second-order valence-corrected chi connectivity index (χ2v) is 3.91. The summed E-state index contributed by atoms with van der Waals surface area (Å²) in [7, 11) is 0. The summed E-state index contributed by atoms with van der Waals surface area (Å²) in [5, 5.41) is 15.2. The zero-order valence-electron chi connectivity index (χ0n) is 9.11. The van der Waals surface area contributed by atoms with Gasteiger partial charge in [-0.05, 0) is 25.8 Å². The van der Waals surface area contributed by atoms with Crippen LogP contribution < -0.4 is 10.6 Å². The molecular weight excluding hydrogens is 202 g/mol. The van der Waals surface area contributed by atoms with Crippen LogP contribution in [0.1, 0.15) is 25.0 Å². The highest BCUT2D eigenvalue weighted by atomic mass is 15.0. The Balaban J connectivity index is 1.74. The fraction of sp³-hybridized carbons (Fsp3) is 0.545. The van der Waals surface area contributed by atoms with Crippen molar-refractivity contribution in [3.63, 3.8) is 0 Å². The van der Waals surface area contributed by atoms with E-state index in [9.17, 15) is 0 Å². The van der Waals surface area contributed by atoms with Gasteiger partial charge in [-0.1, -0.05) is 0 Å². The van der Waals surface area contributed by atoms with Gasteiger partial charge in [0.25, 0.3) is 0 Å². The van der Waals surface area contributed by atoms with Crippen LogP contribution in [0.4, 0.5) is 5.82 Å². The van der Waals surface area contributed by atoms with Crippen molar-refractivity contribution in [3.8, 4) is 6.07 Å². The lowest BCUT2D eigenvalue weighted by Gasteiger charge is -2.10. The Hall–Kier alpha value is -1.67. The fourth-order valence-electron chi connectivity index (χ4n) is 1.85. The third kappa shape index (κ3) is 2.91. The molecule has 1 aromatic heterocycles. The third-order valence-electron chi connectivity index (χ3n) is 2.73. The summed E-state index contributed by atoms with van der Waals surface area (Å²) in [5.74, 6) is 0.733. The van der Waals surface area contributed by atoms with E-state index in [1.54, 1.807) is 6.20 Å². The van der Waals surface area contributed by atoms with Crippen molar-refractivity contribution in [2.24, 2.45) is 0 Å². The van der Waals surface area contributed by atoms with Gasteiger partial charge in [0.2, 0.25) is 0 Å². The Morgan fingerprint density at radius 1 is 1.50 bits per heavy atom. The van der Waals surface area contributed by atoms with E-state index in [2.05, 4.69) is 20.6 Å². The van der Waals surface area contributed by atoms with Crippen LogP contribution in [-0.2, 0) is 0 Å². The minimum atomic E-state index is 0.350. The Labute approximate surface area is 94.9 Å². The molecule has 1 aromatic rings. The Kier molecular flexibility index (Phi) is 3.67. The lowest BCUT2D eigenvalue weighted by molar-refractivity contribution is 0.574. The zero-order valence-corrected chi connectivity index (χ0v) is 9.11. The van der Waals surface area contributed by atoms with Crippen LogP contribution in [-0.4, -0.2) is 29.1 Å². The maximum Gasteiger partial charge on any atom is 0.158 e. The van der Waals surface area contributed by atoms with Crippen LogP contribution in [0.15, 0.2) is 12.4 Å². The molecule has 2 heterocycles. The molecular formula is C11H15N5. The van der Waals surface area contributed by atoms with Gasteiger partial charge in [-0.25, -0.2) is 9.97 Å². The lowest BCUT2D eigenvalue weighted by atomic mass is 10.1. The van der Waals surface area contributed by atoms with E-state index in [1.807, 2.05) is 6.07 Å². The largest absolute Gasteiger partial charge is 0.369 e. The van der Waals surface area contributed by atoms with E-state index < -0.39 is 0 Å². The molecule has 0 amide bonds. The molecule has 0 spiro atoms. The number of nitrogens with one attached hydrogen (secondary N) is 2. The van der Waals surface area contributed by atoms with E-state index >= 15 is 0 Å². The highest BCUT2D eigenvalue weighted by Crippen LogP contribution is 2.09. The van der Waals surface area contributed by atoms with Crippen molar-refractivity contribution in [1.82, 2.24) is 15.3 Å². The predicted octanol–water partition coefficient (Wildman–Crippen LogP) is 0.902. The normalized spacial score (nSPS) is 19.3. The maximum atomic E-state index is 8.57. The second kappa shape index (κ2) is 5.42. The van der Waals surface area contributed by atoms with Crippen molar-refractivity contribution in [2.75, 3.05) is 18.4 Å². The first-order chi connectivity index (χ1) is 7.88. The molecule has 0 bridgehead atoms. The number of nitrogens with zero attached hydrogens (tertiary/aromatic N) is 3. The number of hydrogen-bond donors (Lipinski definition) is 2. The Morgan fingerprint density at radius 3 is 3.06 bits per heavy atom. The molecule has 84 valence electrons. The van der Waals surface area contributed by atoms with Gasteiger partial charge in [0.05, 0.1) is 12.4 Å². The molecule has 2 rings (SSSR count).